The van der Waals surface area contributed by atoms with Crippen molar-refractivity contribution in [2.75, 3.05) is 5.75 Å². The Morgan fingerprint density at radius 3 is 3.00 bits per heavy atom. The maximum Gasteiger partial charge on any atom is 0.180 e. The van der Waals surface area contributed by atoms with Gasteiger partial charge in [0.05, 0.1) is 17.1 Å². The van der Waals surface area contributed by atoms with E-state index in [0.29, 0.717) is 10.2 Å². The molecule has 0 amide bonds. The van der Waals surface area contributed by atoms with E-state index in [1.165, 1.54) is 12.8 Å². The van der Waals surface area contributed by atoms with E-state index in [1.807, 2.05) is 0 Å². The molecule has 1 aliphatic rings. The summed E-state index contributed by atoms with van der Waals surface area (Å²) in [5, 5.41) is 0.137. The lowest BCUT2D eigenvalue weighted by atomic mass is 10.1. The quantitative estimate of drug-likeness (QED) is 0.774. The van der Waals surface area contributed by atoms with Crippen LogP contribution in [0.5, 0.6) is 0 Å². The second-order valence-corrected chi connectivity index (χ2v) is 5.36. The fourth-order valence-corrected chi connectivity index (χ4v) is 3.29. The summed E-state index contributed by atoms with van der Waals surface area (Å²) >= 11 is 5.00. The summed E-state index contributed by atoms with van der Waals surface area (Å²) in [5.41, 5.74) is 0.685. The lowest BCUT2D eigenvalue weighted by molar-refractivity contribution is 0.0983. The van der Waals surface area contributed by atoms with Crippen LogP contribution in [0.2, 0.25) is 0 Å². The number of hydrogen-bond acceptors (Lipinski definition) is 3. The highest BCUT2D eigenvalue weighted by Gasteiger charge is 2.25. The Balaban J connectivity index is 2.11. The van der Waals surface area contributed by atoms with Crippen LogP contribution in [-0.4, -0.2) is 16.8 Å². The van der Waals surface area contributed by atoms with E-state index in [2.05, 4.69) is 15.9 Å². The molecule has 2 rings (SSSR count). The van der Waals surface area contributed by atoms with Crippen molar-refractivity contribution in [1.29, 1.82) is 0 Å². The molecule has 14 heavy (non-hydrogen) atoms. The molecular weight excluding hydrogens is 264 g/mol. The van der Waals surface area contributed by atoms with Gasteiger partial charge in [0.25, 0.3) is 0 Å². The highest BCUT2D eigenvalue weighted by atomic mass is 79.9. The van der Waals surface area contributed by atoms with Gasteiger partial charge in [-0.05, 0) is 40.6 Å². The summed E-state index contributed by atoms with van der Waals surface area (Å²) in [6, 6.07) is 1.74. The zero-order chi connectivity index (χ0) is 9.97. The summed E-state index contributed by atoms with van der Waals surface area (Å²) < 4.78 is 5.63. The summed E-state index contributed by atoms with van der Waals surface area (Å²) in [6.45, 7) is 0. The van der Waals surface area contributed by atoms with Crippen LogP contribution in [-0.2, 0) is 0 Å². The van der Waals surface area contributed by atoms with Crippen LogP contribution < -0.4 is 0 Å². The van der Waals surface area contributed by atoms with Gasteiger partial charge in [-0.3, -0.25) is 4.79 Å². The Labute approximate surface area is 95.6 Å². The van der Waals surface area contributed by atoms with E-state index in [1.54, 1.807) is 24.1 Å². The fraction of sp³-hybridized carbons (Fsp3) is 0.500. The third-order valence-corrected chi connectivity index (χ3v) is 4.35. The number of carbonyl (C=O) groups excluding carboxylic acids is 1. The molecule has 2 nitrogen and oxygen atoms in total. The minimum atomic E-state index is 0.137. The molecule has 0 spiro atoms. The van der Waals surface area contributed by atoms with Crippen molar-refractivity contribution in [1.82, 2.24) is 0 Å². The molecule has 0 bridgehead atoms. The Hall–Kier alpha value is -0.220. The summed E-state index contributed by atoms with van der Waals surface area (Å²) in [4.78, 5) is 12.0. The molecule has 1 aromatic heterocycles. The minimum absolute atomic E-state index is 0.137. The number of rotatable bonds is 2. The zero-order valence-corrected chi connectivity index (χ0v) is 10.1. The van der Waals surface area contributed by atoms with Crippen LogP contribution in [0.3, 0.4) is 0 Å². The summed E-state index contributed by atoms with van der Waals surface area (Å²) in [7, 11) is 0. The first-order chi connectivity index (χ1) is 6.79. The number of carbonyl (C=O) groups is 1. The molecule has 1 saturated heterocycles. The van der Waals surface area contributed by atoms with Crippen molar-refractivity contribution in [3.8, 4) is 0 Å². The molecule has 1 aliphatic heterocycles. The van der Waals surface area contributed by atoms with Gasteiger partial charge in [0, 0.05) is 0 Å². The highest BCUT2D eigenvalue weighted by molar-refractivity contribution is 9.10. The van der Waals surface area contributed by atoms with E-state index in [9.17, 15) is 4.79 Å². The molecule has 2 heterocycles. The predicted octanol–water partition coefficient (Wildman–Crippen LogP) is 3.51. The Morgan fingerprint density at radius 2 is 2.43 bits per heavy atom. The Bertz CT molecular complexity index is 329. The van der Waals surface area contributed by atoms with Crippen LogP contribution in [0.15, 0.2) is 21.4 Å². The average Bonchev–Trinajstić information content (AvgIpc) is 2.65. The largest absolute Gasteiger partial charge is 0.457 e. The van der Waals surface area contributed by atoms with Gasteiger partial charge >= 0.3 is 0 Å². The molecule has 0 aromatic carbocycles. The molecular formula is C10H11BrO2S. The molecule has 76 valence electrons. The lowest BCUT2D eigenvalue weighted by Crippen LogP contribution is -2.20. The standard InChI is InChI=1S/C10H11BrO2S/c11-10-7(4-5-13-10)9(12)8-3-1-2-6-14-8/h4-5,8H,1-3,6H2. The second-order valence-electron chi connectivity index (χ2n) is 3.33. The molecule has 1 fully saturated rings. The van der Waals surface area contributed by atoms with Crippen molar-refractivity contribution in [2.24, 2.45) is 0 Å². The molecule has 0 radical (unpaired) electrons. The SMILES string of the molecule is O=C(c1ccoc1Br)C1CCCCS1. The highest BCUT2D eigenvalue weighted by Crippen LogP contribution is 2.30. The van der Waals surface area contributed by atoms with Gasteiger partial charge in [-0.2, -0.15) is 11.8 Å². The monoisotopic (exact) mass is 274 g/mol. The van der Waals surface area contributed by atoms with E-state index in [0.717, 1.165) is 12.2 Å². The van der Waals surface area contributed by atoms with E-state index in [-0.39, 0.29) is 11.0 Å². The van der Waals surface area contributed by atoms with Crippen LogP contribution >= 0.6 is 27.7 Å². The maximum atomic E-state index is 12.0. The van der Waals surface area contributed by atoms with Gasteiger partial charge < -0.3 is 4.42 Å². The van der Waals surface area contributed by atoms with Crippen LogP contribution in [0, 0.1) is 0 Å². The number of furan rings is 1. The molecule has 1 atom stereocenters. The van der Waals surface area contributed by atoms with Gasteiger partial charge in [-0.1, -0.05) is 6.42 Å². The third kappa shape index (κ3) is 2.06. The van der Waals surface area contributed by atoms with Gasteiger partial charge in [-0.15, -0.1) is 0 Å². The van der Waals surface area contributed by atoms with Crippen molar-refractivity contribution in [2.45, 2.75) is 24.5 Å². The number of Topliss-reactive ketones (excluding diaryl/α,β-unsaturated/α-hetero) is 1. The van der Waals surface area contributed by atoms with Crippen LogP contribution in [0.4, 0.5) is 0 Å². The van der Waals surface area contributed by atoms with Gasteiger partial charge in [-0.25, -0.2) is 0 Å². The number of hydrogen-bond donors (Lipinski definition) is 0. The second kappa shape index (κ2) is 4.53. The minimum Gasteiger partial charge on any atom is -0.457 e. The normalized spacial score (nSPS) is 22.2. The third-order valence-electron chi connectivity index (χ3n) is 2.36. The first-order valence-electron chi connectivity index (χ1n) is 4.68. The van der Waals surface area contributed by atoms with Gasteiger partial charge in [0.2, 0.25) is 0 Å². The molecule has 1 aromatic rings. The first kappa shape index (κ1) is 10.3. The smallest absolute Gasteiger partial charge is 0.180 e. The molecule has 0 saturated carbocycles. The first-order valence-corrected chi connectivity index (χ1v) is 6.52. The zero-order valence-electron chi connectivity index (χ0n) is 7.66. The lowest BCUT2D eigenvalue weighted by Gasteiger charge is -2.19. The number of halogens is 1. The van der Waals surface area contributed by atoms with E-state index < -0.39 is 0 Å². The van der Waals surface area contributed by atoms with Crippen molar-refractivity contribution < 1.29 is 9.21 Å². The molecule has 1 unspecified atom stereocenters. The molecule has 0 aliphatic carbocycles. The van der Waals surface area contributed by atoms with Gasteiger partial charge in [0.15, 0.2) is 10.5 Å². The molecule has 0 N–H and O–H groups in total. The Morgan fingerprint density at radius 1 is 1.57 bits per heavy atom. The summed E-state index contributed by atoms with van der Waals surface area (Å²) in [6.07, 6.45) is 4.95. The maximum absolute atomic E-state index is 12.0. The Kier molecular flexibility index (Phi) is 3.34. The average molecular weight is 275 g/mol. The van der Waals surface area contributed by atoms with Crippen molar-refractivity contribution in [3.05, 3.63) is 22.6 Å². The van der Waals surface area contributed by atoms with Crippen molar-refractivity contribution in [3.63, 3.8) is 0 Å². The van der Waals surface area contributed by atoms with Gasteiger partial charge in [0.1, 0.15) is 0 Å². The summed E-state index contributed by atoms with van der Waals surface area (Å²) in [5.74, 6) is 1.31. The topological polar surface area (TPSA) is 30.2 Å². The van der Waals surface area contributed by atoms with Crippen LogP contribution in [0.25, 0.3) is 0 Å². The number of thioether (sulfide) groups is 1. The predicted molar refractivity (Wildman–Crippen MR) is 60.8 cm³/mol. The van der Waals surface area contributed by atoms with E-state index >= 15 is 0 Å². The van der Waals surface area contributed by atoms with Crippen molar-refractivity contribution >= 4 is 33.5 Å². The molecule has 4 heteroatoms. The number of ketones is 1. The fourth-order valence-electron chi connectivity index (χ4n) is 1.59. The van der Waals surface area contributed by atoms with Crippen LogP contribution in [0.1, 0.15) is 29.6 Å². The van der Waals surface area contributed by atoms with E-state index in [4.69, 9.17) is 4.42 Å².